The summed E-state index contributed by atoms with van der Waals surface area (Å²) in [7, 11) is 1.54. The van der Waals surface area contributed by atoms with Crippen LogP contribution in [0.1, 0.15) is 47.8 Å². The van der Waals surface area contributed by atoms with Crippen LogP contribution in [0.5, 0.6) is 17.2 Å². The Labute approximate surface area is 193 Å². The van der Waals surface area contributed by atoms with E-state index < -0.39 is 0 Å². The van der Waals surface area contributed by atoms with Gasteiger partial charge >= 0.3 is 0 Å². The van der Waals surface area contributed by atoms with Gasteiger partial charge in [-0.1, -0.05) is 36.4 Å². The Bertz CT molecular complexity index is 1360. The molecule has 5 heteroatoms. The summed E-state index contributed by atoms with van der Waals surface area (Å²) in [4.78, 5) is 11.7. The molecule has 0 amide bonds. The molecule has 0 fully saturated rings. The van der Waals surface area contributed by atoms with E-state index in [9.17, 15) is 9.90 Å². The van der Waals surface area contributed by atoms with Crippen molar-refractivity contribution in [1.29, 1.82) is 0 Å². The molecule has 0 bridgehead atoms. The first kappa shape index (κ1) is 20.9. The number of carbonyl (C=O) groups is 1. The molecule has 0 saturated heterocycles. The Morgan fingerprint density at radius 3 is 2.48 bits per heavy atom. The van der Waals surface area contributed by atoms with Gasteiger partial charge in [0.25, 0.3) is 0 Å². The number of allylic oxidation sites excluding steroid dienone is 1. The number of nitrogens with one attached hydrogen (secondary N) is 1. The first-order valence-electron chi connectivity index (χ1n) is 10.8. The largest absolute Gasteiger partial charge is 0.504 e. The summed E-state index contributed by atoms with van der Waals surface area (Å²) in [5, 5.41) is 14.1. The maximum atomic E-state index is 11.7. The van der Waals surface area contributed by atoms with Crippen LogP contribution in [0.25, 0.3) is 28.5 Å². The van der Waals surface area contributed by atoms with Crippen molar-refractivity contribution in [3.63, 3.8) is 0 Å². The minimum absolute atomic E-state index is 0.0498. The van der Waals surface area contributed by atoms with Crippen molar-refractivity contribution in [3.05, 3.63) is 76.9 Å². The third-order valence-electron chi connectivity index (χ3n) is 6.08. The monoisotopic (exact) mass is 439 g/mol. The number of hydrogen-bond acceptors (Lipinski definition) is 5. The lowest BCUT2D eigenvalue weighted by Crippen LogP contribution is -2.32. The molecule has 0 spiro atoms. The summed E-state index contributed by atoms with van der Waals surface area (Å²) in [5.74, 6) is 1.63. The van der Waals surface area contributed by atoms with E-state index in [2.05, 4.69) is 38.2 Å². The number of methoxy groups -OCH3 is 1. The van der Waals surface area contributed by atoms with Crippen LogP contribution in [-0.2, 0) is 0 Å². The molecule has 3 aromatic rings. The second-order valence-corrected chi connectivity index (χ2v) is 8.93. The van der Waals surface area contributed by atoms with E-state index >= 15 is 0 Å². The number of hydrogen-bond donors (Lipinski definition) is 2. The highest BCUT2D eigenvalue weighted by atomic mass is 16.5. The molecule has 2 aliphatic heterocycles. The van der Waals surface area contributed by atoms with Crippen LogP contribution in [0.4, 0.5) is 5.69 Å². The van der Waals surface area contributed by atoms with Gasteiger partial charge < -0.3 is 19.9 Å². The maximum absolute atomic E-state index is 11.7. The van der Waals surface area contributed by atoms with Crippen LogP contribution in [0, 0.1) is 0 Å². The summed E-state index contributed by atoms with van der Waals surface area (Å²) in [6, 6.07) is 14.8. The van der Waals surface area contributed by atoms with Gasteiger partial charge in [0.2, 0.25) is 0 Å². The smallest absolute Gasteiger partial charge is 0.172 e. The highest BCUT2D eigenvalue weighted by molar-refractivity contribution is 6.03. The molecule has 0 saturated carbocycles. The van der Waals surface area contributed by atoms with E-state index in [1.54, 1.807) is 18.2 Å². The van der Waals surface area contributed by atoms with Crippen molar-refractivity contribution in [2.75, 3.05) is 12.4 Å². The number of rotatable bonds is 3. The van der Waals surface area contributed by atoms with E-state index in [4.69, 9.17) is 9.47 Å². The summed E-state index contributed by atoms with van der Waals surface area (Å²) >= 11 is 0. The zero-order valence-corrected chi connectivity index (χ0v) is 19.0. The van der Waals surface area contributed by atoms with Gasteiger partial charge in [-0.05, 0) is 56.2 Å². The third kappa shape index (κ3) is 3.37. The number of carbonyl (C=O) groups excluding carboxylic acids is 1. The molecule has 0 aromatic heterocycles. The number of ether oxygens (including phenoxy) is 2. The van der Waals surface area contributed by atoms with Crippen LogP contribution in [-0.4, -0.2) is 24.0 Å². The quantitative estimate of drug-likeness (QED) is 0.464. The van der Waals surface area contributed by atoms with E-state index in [1.807, 2.05) is 30.3 Å². The summed E-state index contributed by atoms with van der Waals surface area (Å²) in [6.45, 7) is 6.35. The Hall–Kier alpha value is -3.99. The lowest BCUT2D eigenvalue weighted by atomic mass is 9.82. The topological polar surface area (TPSA) is 67.8 Å². The number of benzene rings is 3. The van der Waals surface area contributed by atoms with E-state index in [1.165, 1.54) is 7.11 Å². The molecule has 0 atom stereocenters. The first-order valence-corrected chi connectivity index (χ1v) is 10.8. The number of phenolic OH excluding ortho intramolecular Hbond substituents is 1. The van der Waals surface area contributed by atoms with E-state index in [0.717, 1.165) is 39.8 Å². The molecular formula is C28H25NO4. The lowest BCUT2D eigenvalue weighted by molar-refractivity contribution is 0.112. The molecule has 0 radical (unpaired) electrons. The second kappa shape index (κ2) is 7.55. The van der Waals surface area contributed by atoms with Gasteiger partial charge in [0.1, 0.15) is 11.5 Å². The van der Waals surface area contributed by atoms with Crippen molar-refractivity contribution in [2.45, 2.75) is 26.3 Å². The van der Waals surface area contributed by atoms with E-state index in [-0.39, 0.29) is 11.3 Å². The van der Waals surface area contributed by atoms with Crippen molar-refractivity contribution in [2.24, 2.45) is 0 Å². The molecule has 2 aliphatic rings. The fraction of sp³-hybridized carbons (Fsp3) is 0.179. The van der Waals surface area contributed by atoms with Crippen molar-refractivity contribution in [3.8, 4) is 28.4 Å². The summed E-state index contributed by atoms with van der Waals surface area (Å²) in [6.07, 6.45) is 4.95. The molecule has 0 unspecified atom stereocenters. The highest BCUT2D eigenvalue weighted by Crippen LogP contribution is 2.54. The predicted octanol–water partition coefficient (Wildman–Crippen LogP) is 6.38. The van der Waals surface area contributed by atoms with Crippen molar-refractivity contribution in [1.82, 2.24) is 0 Å². The van der Waals surface area contributed by atoms with Crippen LogP contribution < -0.4 is 14.8 Å². The summed E-state index contributed by atoms with van der Waals surface area (Å²) < 4.78 is 12.0. The third-order valence-corrected chi connectivity index (χ3v) is 6.08. The lowest BCUT2D eigenvalue weighted by Gasteiger charge is -2.35. The molecular weight excluding hydrogens is 414 g/mol. The van der Waals surface area contributed by atoms with Crippen molar-refractivity contribution < 1.29 is 19.4 Å². The number of fused-ring (bicyclic) bond motifs is 5. The zero-order valence-electron chi connectivity index (χ0n) is 19.0. The zero-order chi connectivity index (χ0) is 23.3. The standard InChI is InChI=1S/C28H25NO4/c1-16-14-28(2,3)29-20-10-9-19-25(24(16)20)23(13-17-7-5-6-8-18(17)15-30)33-22-12-11-21(31)27(32-4)26(19)22/h5-15,29,31H,1-4H3/b23-13-. The molecule has 5 nitrogen and oxygen atoms in total. The molecule has 2 heterocycles. The molecule has 33 heavy (non-hydrogen) atoms. The molecule has 2 N–H and O–H groups in total. The minimum atomic E-state index is -0.192. The average molecular weight is 440 g/mol. The van der Waals surface area contributed by atoms with Gasteiger partial charge in [-0.3, -0.25) is 4.79 Å². The Balaban J connectivity index is 1.85. The first-order chi connectivity index (χ1) is 15.8. The highest BCUT2D eigenvalue weighted by Gasteiger charge is 2.33. The van der Waals surface area contributed by atoms with Gasteiger partial charge in [0, 0.05) is 27.9 Å². The Morgan fingerprint density at radius 2 is 1.76 bits per heavy atom. The molecule has 5 rings (SSSR count). The van der Waals surface area contributed by atoms with Crippen molar-refractivity contribution >= 4 is 29.4 Å². The number of phenols is 1. The number of aromatic hydroxyl groups is 1. The molecule has 0 aliphatic carbocycles. The minimum Gasteiger partial charge on any atom is -0.504 e. The fourth-order valence-electron chi connectivity index (χ4n) is 4.84. The van der Waals surface area contributed by atoms with Crippen LogP contribution in [0.3, 0.4) is 0 Å². The van der Waals surface area contributed by atoms with E-state index in [0.29, 0.717) is 28.4 Å². The average Bonchev–Trinajstić information content (AvgIpc) is 2.78. The SMILES string of the molecule is COc1c(O)ccc2c1-c1ccc3c(c1/C(=C/c1ccccc1C=O)O2)C(C)=CC(C)(C)N3. The molecule has 3 aromatic carbocycles. The normalized spacial score (nSPS) is 16.5. The second-order valence-electron chi connectivity index (χ2n) is 8.93. The van der Waals surface area contributed by atoms with Gasteiger partial charge in [-0.25, -0.2) is 0 Å². The number of anilines is 1. The van der Waals surface area contributed by atoms with Crippen LogP contribution in [0.2, 0.25) is 0 Å². The summed E-state index contributed by atoms with van der Waals surface area (Å²) in [5.41, 5.74) is 6.79. The number of aldehydes is 1. The van der Waals surface area contributed by atoms with Crippen LogP contribution >= 0.6 is 0 Å². The fourth-order valence-corrected chi connectivity index (χ4v) is 4.84. The Kier molecular flexibility index (Phi) is 4.78. The Morgan fingerprint density at radius 1 is 1.00 bits per heavy atom. The van der Waals surface area contributed by atoms with Gasteiger partial charge in [-0.2, -0.15) is 0 Å². The maximum Gasteiger partial charge on any atom is 0.172 e. The van der Waals surface area contributed by atoms with Crippen LogP contribution in [0.15, 0.2) is 54.6 Å². The molecule has 166 valence electrons. The predicted molar refractivity (Wildman–Crippen MR) is 132 cm³/mol. The van der Waals surface area contributed by atoms with Gasteiger partial charge in [0.15, 0.2) is 17.8 Å². The van der Waals surface area contributed by atoms with Gasteiger partial charge in [-0.15, -0.1) is 0 Å². The van der Waals surface area contributed by atoms with Gasteiger partial charge in [0.05, 0.1) is 18.2 Å².